The van der Waals surface area contributed by atoms with Crippen LogP contribution in [0.25, 0.3) is 0 Å². The van der Waals surface area contributed by atoms with Crippen molar-refractivity contribution < 1.29 is 19.2 Å². The summed E-state index contributed by atoms with van der Waals surface area (Å²) in [4.78, 5) is 48.2. The van der Waals surface area contributed by atoms with Crippen molar-refractivity contribution in [3.63, 3.8) is 0 Å². The van der Waals surface area contributed by atoms with Gasteiger partial charge in [0, 0.05) is 16.8 Å². The number of amides is 4. The topological polar surface area (TPSA) is 130 Å². The summed E-state index contributed by atoms with van der Waals surface area (Å²) in [6.45, 7) is 5.30. The van der Waals surface area contributed by atoms with E-state index in [4.69, 9.17) is 5.73 Å². The number of nitrogens with one attached hydrogen (secondary N) is 3. The fraction of sp³-hybridized carbons (Fsp3) is 0.273. The highest BCUT2D eigenvalue weighted by Crippen LogP contribution is 2.13. The summed E-state index contributed by atoms with van der Waals surface area (Å²) in [6.07, 6.45) is 0. The van der Waals surface area contributed by atoms with Gasteiger partial charge in [-0.15, -0.1) is 0 Å². The molecule has 2 rings (SSSR count). The maximum absolute atomic E-state index is 12.8. The second kappa shape index (κ2) is 10.2. The van der Waals surface area contributed by atoms with Gasteiger partial charge >= 0.3 is 0 Å². The first-order valence-electron chi connectivity index (χ1n) is 9.52. The van der Waals surface area contributed by atoms with E-state index in [-0.39, 0.29) is 23.9 Å². The Bertz CT molecular complexity index is 938. The molecule has 30 heavy (non-hydrogen) atoms. The van der Waals surface area contributed by atoms with Gasteiger partial charge < -0.3 is 21.7 Å². The second-order valence-electron chi connectivity index (χ2n) is 7.28. The minimum atomic E-state index is -0.772. The van der Waals surface area contributed by atoms with Crippen molar-refractivity contribution in [1.29, 1.82) is 0 Å². The predicted octanol–water partition coefficient (Wildman–Crippen LogP) is 1.60. The van der Waals surface area contributed by atoms with Gasteiger partial charge in [-0.05, 0) is 43.2 Å². The summed E-state index contributed by atoms with van der Waals surface area (Å²) in [5.41, 5.74) is 7.17. The van der Waals surface area contributed by atoms with Crippen LogP contribution in [-0.2, 0) is 9.59 Å². The third-order valence-corrected chi connectivity index (χ3v) is 4.36. The van der Waals surface area contributed by atoms with Crippen molar-refractivity contribution in [3.05, 3.63) is 65.2 Å². The zero-order valence-corrected chi connectivity index (χ0v) is 17.2. The number of rotatable bonds is 8. The van der Waals surface area contributed by atoms with Gasteiger partial charge in [0.05, 0.1) is 6.54 Å². The number of hydrogen-bond acceptors (Lipinski definition) is 4. The molecule has 0 heterocycles. The lowest BCUT2D eigenvalue weighted by Crippen LogP contribution is -2.47. The maximum Gasteiger partial charge on any atom is 0.251 e. The third-order valence-electron chi connectivity index (χ3n) is 4.36. The summed E-state index contributed by atoms with van der Waals surface area (Å²) >= 11 is 0. The van der Waals surface area contributed by atoms with Crippen LogP contribution in [0.5, 0.6) is 0 Å². The van der Waals surface area contributed by atoms with Crippen molar-refractivity contribution in [3.8, 4) is 0 Å². The predicted molar refractivity (Wildman–Crippen MR) is 114 cm³/mol. The Morgan fingerprint density at radius 2 is 1.60 bits per heavy atom. The molecule has 2 aromatic carbocycles. The van der Waals surface area contributed by atoms with Crippen molar-refractivity contribution in [1.82, 2.24) is 10.6 Å². The molecular weight excluding hydrogens is 384 g/mol. The number of nitrogens with two attached hydrogens (primary N) is 1. The van der Waals surface area contributed by atoms with Crippen LogP contribution in [-0.4, -0.2) is 36.2 Å². The molecule has 0 saturated heterocycles. The summed E-state index contributed by atoms with van der Waals surface area (Å²) in [6, 6.07) is 12.5. The van der Waals surface area contributed by atoms with Crippen molar-refractivity contribution in [2.24, 2.45) is 11.7 Å². The minimum absolute atomic E-state index is 0.165. The third kappa shape index (κ3) is 6.44. The molecule has 8 nitrogen and oxygen atoms in total. The molecule has 0 bridgehead atoms. The lowest BCUT2D eigenvalue weighted by atomic mass is 10.0. The van der Waals surface area contributed by atoms with Crippen LogP contribution in [0.3, 0.4) is 0 Å². The standard InChI is InChI=1S/C22H26N4O4/c1-13(2)19(26-21(29)15-9-7-14(3)8-10-15)22(30)25-17-6-4-5-16(11-17)20(28)24-12-18(23)27/h4-11,13,19H,12H2,1-3H3,(H2,23,27)(H,24,28)(H,25,30)(H,26,29). The van der Waals surface area contributed by atoms with Crippen molar-refractivity contribution in [2.75, 3.05) is 11.9 Å². The molecule has 0 aliphatic carbocycles. The Labute approximate surface area is 175 Å². The average Bonchev–Trinajstić information content (AvgIpc) is 2.70. The van der Waals surface area contributed by atoms with E-state index in [1.165, 1.54) is 6.07 Å². The smallest absolute Gasteiger partial charge is 0.251 e. The summed E-state index contributed by atoms with van der Waals surface area (Å²) in [5.74, 6) is -2.06. The monoisotopic (exact) mass is 410 g/mol. The Morgan fingerprint density at radius 3 is 2.20 bits per heavy atom. The Hall–Kier alpha value is -3.68. The lowest BCUT2D eigenvalue weighted by Gasteiger charge is -2.22. The summed E-state index contributed by atoms with van der Waals surface area (Å²) in [7, 11) is 0. The van der Waals surface area contributed by atoms with Gasteiger partial charge in [-0.1, -0.05) is 37.6 Å². The lowest BCUT2D eigenvalue weighted by molar-refractivity contribution is -0.119. The number of carbonyl (C=O) groups excluding carboxylic acids is 4. The van der Waals surface area contributed by atoms with E-state index in [0.717, 1.165) is 5.56 Å². The Kier molecular flexibility index (Phi) is 7.69. The molecule has 0 aromatic heterocycles. The molecule has 0 saturated carbocycles. The van der Waals surface area contributed by atoms with Crippen LogP contribution >= 0.6 is 0 Å². The van der Waals surface area contributed by atoms with Gasteiger partial charge in [-0.25, -0.2) is 0 Å². The van der Waals surface area contributed by atoms with Gasteiger partial charge in [0.15, 0.2) is 0 Å². The molecular formula is C22H26N4O4. The second-order valence-corrected chi connectivity index (χ2v) is 7.28. The Morgan fingerprint density at radius 1 is 0.933 bits per heavy atom. The van der Waals surface area contributed by atoms with Gasteiger partial charge in [0.25, 0.3) is 11.8 Å². The zero-order chi connectivity index (χ0) is 22.3. The number of benzene rings is 2. The summed E-state index contributed by atoms with van der Waals surface area (Å²) in [5, 5.41) is 7.87. The highest BCUT2D eigenvalue weighted by atomic mass is 16.2. The van der Waals surface area contributed by atoms with Gasteiger partial charge in [-0.2, -0.15) is 0 Å². The van der Waals surface area contributed by atoms with E-state index < -0.39 is 23.8 Å². The van der Waals surface area contributed by atoms with Crippen LogP contribution in [0, 0.1) is 12.8 Å². The van der Waals surface area contributed by atoms with Crippen molar-refractivity contribution in [2.45, 2.75) is 26.8 Å². The highest BCUT2D eigenvalue weighted by molar-refractivity contribution is 6.02. The zero-order valence-electron chi connectivity index (χ0n) is 17.2. The molecule has 2 aromatic rings. The fourth-order valence-electron chi connectivity index (χ4n) is 2.69. The largest absolute Gasteiger partial charge is 0.368 e. The van der Waals surface area contributed by atoms with Crippen LogP contribution in [0.4, 0.5) is 5.69 Å². The molecule has 0 spiro atoms. The molecule has 0 aliphatic rings. The van der Waals surface area contributed by atoms with Crippen LogP contribution in [0.15, 0.2) is 48.5 Å². The van der Waals surface area contributed by atoms with Crippen LogP contribution in [0.1, 0.15) is 40.1 Å². The number of primary amides is 1. The fourth-order valence-corrected chi connectivity index (χ4v) is 2.69. The SMILES string of the molecule is Cc1ccc(C(=O)NC(C(=O)Nc2cccc(C(=O)NCC(N)=O)c2)C(C)C)cc1. The quantitative estimate of drug-likeness (QED) is 0.526. The number of carbonyl (C=O) groups is 4. The van der Waals surface area contributed by atoms with E-state index in [9.17, 15) is 19.2 Å². The van der Waals surface area contributed by atoms with Crippen LogP contribution < -0.4 is 21.7 Å². The molecule has 4 amide bonds. The Balaban J connectivity index is 2.08. The number of aryl methyl sites for hydroxylation is 1. The van der Waals surface area contributed by atoms with E-state index >= 15 is 0 Å². The molecule has 1 atom stereocenters. The van der Waals surface area contributed by atoms with E-state index in [1.807, 2.05) is 32.9 Å². The van der Waals surface area contributed by atoms with Crippen molar-refractivity contribution >= 4 is 29.3 Å². The first-order chi connectivity index (χ1) is 14.2. The molecule has 1 unspecified atom stereocenters. The molecule has 0 aliphatic heterocycles. The highest BCUT2D eigenvalue weighted by Gasteiger charge is 2.25. The molecule has 158 valence electrons. The molecule has 8 heteroatoms. The number of anilines is 1. The van der Waals surface area contributed by atoms with E-state index in [0.29, 0.717) is 11.3 Å². The molecule has 5 N–H and O–H groups in total. The van der Waals surface area contributed by atoms with E-state index in [1.54, 1.807) is 30.3 Å². The maximum atomic E-state index is 12.8. The summed E-state index contributed by atoms with van der Waals surface area (Å²) < 4.78 is 0. The van der Waals surface area contributed by atoms with Gasteiger partial charge in [0.1, 0.15) is 6.04 Å². The first-order valence-corrected chi connectivity index (χ1v) is 9.52. The minimum Gasteiger partial charge on any atom is -0.368 e. The number of hydrogen-bond donors (Lipinski definition) is 4. The van der Waals surface area contributed by atoms with E-state index in [2.05, 4.69) is 16.0 Å². The average molecular weight is 410 g/mol. The van der Waals surface area contributed by atoms with Gasteiger partial charge in [-0.3, -0.25) is 19.2 Å². The van der Waals surface area contributed by atoms with Crippen LogP contribution in [0.2, 0.25) is 0 Å². The first kappa shape index (κ1) is 22.6. The normalized spacial score (nSPS) is 11.5. The molecule has 0 radical (unpaired) electrons. The molecule has 0 fully saturated rings. The van der Waals surface area contributed by atoms with Gasteiger partial charge in [0.2, 0.25) is 11.8 Å².